The molecule has 1 fully saturated rings. The summed E-state index contributed by atoms with van der Waals surface area (Å²) in [6, 6.07) is 18.1. The van der Waals surface area contributed by atoms with Crippen molar-refractivity contribution < 1.29 is 9.90 Å². The van der Waals surface area contributed by atoms with Gasteiger partial charge in [0.1, 0.15) is 0 Å². The van der Waals surface area contributed by atoms with Gasteiger partial charge in [0.2, 0.25) is 0 Å². The number of nitrogens with zero attached hydrogens (tertiary/aromatic N) is 1. The Kier molecular flexibility index (Phi) is 6.30. The van der Waals surface area contributed by atoms with Gasteiger partial charge in [0.15, 0.2) is 5.78 Å². The predicted molar refractivity (Wildman–Crippen MR) is 110 cm³/mol. The zero-order valence-electron chi connectivity index (χ0n) is 16.3. The molecule has 1 saturated heterocycles. The Morgan fingerprint density at radius 2 is 1.89 bits per heavy atom. The summed E-state index contributed by atoms with van der Waals surface area (Å²) in [7, 11) is 0. The topological polar surface area (TPSA) is 52.6 Å². The van der Waals surface area contributed by atoms with E-state index in [0.29, 0.717) is 13.0 Å². The number of anilines is 1. The molecular weight excluding hydrogens is 336 g/mol. The molecule has 2 aromatic rings. The molecule has 1 aliphatic rings. The summed E-state index contributed by atoms with van der Waals surface area (Å²) in [5.74, 6) is 0.153. The highest BCUT2D eigenvalue weighted by atomic mass is 16.3. The lowest BCUT2D eigenvalue weighted by molar-refractivity contribution is -0.0253. The quantitative estimate of drug-likeness (QED) is 0.733. The van der Waals surface area contributed by atoms with Crippen LogP contribution in [-0.4, -0.2) is 47.1 Å². The molecule has 1 aliphatic heterocycles. The van der Waals surface area contributed by atoms with Gasteiger partial charge in [0, 0.05) is 37.3 Å². The van der Waals surface area contributed by atoms with Crippen molar-refractivity contribution in [1.29, 1.82) is 0 Å². The van der Waals surface area contributed by atoms with Gasteiger partial charge in [0.25, 0.3) is 0 Å². The molecule has 27 heavy (non-hydrogen) atoms. The number of Topliss-reactive ketones (excluding diaryl/α,β-unsaturated/α-hetero) is 1. The maximum Gasteiger partial charge on any atom is 0.162 e. The first-order valence-electron chi connectivity index (χ1n) is 9.86. The lowest BCUT2D eigenvalue weighted by Gasteiger charge is -2.43. The Morgan fingerprint density at radius 1 is 1.19 bits per heavy atom. The van der Waals surface area contributed by atoms with Crippen LogP contribution in [0.5, 0.6) is 0 Å². The van der Waals surface area contributed by atoms with Gasteiger partial charge in [-0.25, -0.2) is 0 Å². The van der Waals surface area contributed by atoms with Crippen molar-refractivity contribution in [2.75, 3.05) is 25.0 Å². The molecule has 2 unspecified atom stereocenters. The highest BCUT2D eigenvalue weighted by molar-refractivity contribution is 5.96. The van der Waals surface area contributed by atoms with Crippen molar-refractivity contribution in [2.24, 2.45) is 0 Å². The predicted octanol–water partition coefficient (Wildman–Crippen LogP) is 3.76. The summed E-state index contributed by atoms with van der Waals surface area (Å²) in [5.41, 5.74) is 2.22. The van der Waals surface area contributed by atoms with Gasteiger partial charge in [-0.05, 0) is 49.6 Å². The van der Waals surface area contributed by atoms with E-state index in [1.165, 1.54) is 5.56 Å². The Labute approximate surface area is 162 Å². The van der Waals surface area contributed by atoms with Crippen LogP contribution >= 0.6 is 0 Å². The first-order chi connectivity index (χ1) is 13.0. The molecule has 0 amide bonds. The molecule has 0 aromatic heterocycles. The number of carbonyl (C=O) groups is 1. The normalized spacial score (nSPS) is 23.1. The third-order valence-electron chi connectivity index (χ3n) is 5.46. The molecule has 2 atom stereocenters. The molecule has 0 saturated carbocycles. The molecule has 2 aromatic carbocycles. The molecule has 0 aliphatic carbocycles. The summed E-state index contributed by atoms with van der Waals surface area (Å²) >= 11 is 0. The fraction of sp³-hybridized carbons (Fsp3) is 0.435. The third-order valence-corrected chi connectivity index (χ3v) is 5.46. The van der Waals surface area contributed by atoms with E-state index in [-0.39, 0.29) is 11.8 Å². The monoisotopic (exact) mass is 366 g/mol. The molecular formula is C23H30N2O2. The average Bonchev–Trinajstić information content (AvgIpc) is 2.68. The van der Waals surface area contributed by atoms with Crippen molar-refractivity contribution in [2.45, 2.75) is 44.8 Å². The zero-order valence-corrected chi connectivity index (χ0v) is 16.3. The minimum absolute atomic E-state index is 0.00166. The molecule has 0 radical (unpaired) electrons. The van der Waals surface area contributed by atoms with Crippen LogP contribution in [0.3, 0.4) is 0 Å². The number of hydrogen-bond acceptors (Lipinski definition) is 4. The number of likely N-dealkylation sites (tertiary alicyclic amines) is 1. The highest BCUT2D eigenvalue weighted by Crippen LogP contribution is 2.25. The van der Waals surface area contributed by atoms with Crippen LogP contribution in [0.2, 0.25) is 0 Å². The molecule has 0 bridgehead atoms. The van der Waals surface area contributed by atoms with Gasteiger partial charge in [0.05, 0.1) is 11.6 Å². The molecule has 1 heterocycles. The largest absolute Gasteiger partial charge is 0.387 e. The van der Waals surface area contributed by atoms with Crippen molar-refractivity contribution in [3.8, 4) is 0 Å². The Hall–Kier alpha value is -2.17. The Morgan fingerprint density at radius 3 is 2.52 bits per heavy atom. The first kappa shape index (κ1) is 19.6. The fourth-order valence-corrected chi connectivity index (χ4v) is 3.77. The SMILES string of the molecule is CCC(=O)c1ccc(NC2CCN(CCc3ccccc3)CC2(C)O)cc1. The average molecular weight is 367 g/mol. The van der Waals surface area contributed by atoms with Gasteiger partial charge in [-0.15, -0.1) is 0 Å². The number of β-amino-alcohol motifs (C(OH)–C–C–N with tert-alkyl or cyclic N) is 1. The van der Waals surface area contributed by atoms with Crippen LogP contribution in [0, 0.1) is 0 Å². The van der Waals surface area contributed by atoms with E-state index < -0.39 is 5.60 Å². The lowest BCUT2D eigenvalue weighted by atomic mass is 9.88. The van der Waals surface area contributed by atoms with E-state index >= 15 is 0 Å². The van der Waals surface area contributed by atoms with Crippen LogP contribution in [0.15, 0.2) is 54.6 Å². The van der Waals surface area contributed by atoms with Gasteiger partial charge < -0.3 is 10.4 Å². The number of hydrogen-bond donors (Lipinski definition) is 2. The Bertz CT molecular complexity index is 741. The maximum absolute atomic E-state index is 11.8. The molecule has 144 valence electrons. The van der Waals surface area contributed by atoms with Crippen molar-refractivity contribution in [3.63, 3.8) is 0 Å². The summed E-state index contributed by atoms with van der Waals surface area (Å²) < 4.78 is 0. The second-order valence-corrected chi connectivity index (χ2v) is 7.71. The smallest absolute Gasteiger partial charge is 0.162 e. The molecule has 0 spiro atoms. The fourth-order valence-electron chi connectivity index (χ4n) is 3.77. The van der Waals surface area contributed by atoms with Crippen LogP contribution in [-0.2, 0) is 6.42 Å². The number of nitrogens with one attached hydrogen (secondary N) is 1. The highest BCUT2D eigenvalue weighted by Gasteiger charge is 2.37. The number of piperidine rings is 1. The van der Waals surface area contributed by atoms with Crippen LogP contribution in [0.25, 0.3) is 0 Å². The lowest BCUT2D eigenvalue weighted by Crippen LogP contribution is -2.58. The molecule has 2 N–H and O–H groups in total. The second kappa shape index (κ2) is 8.68. The standard InChI is InChI=1S/C23H30N2O2/c1-3-21(26)19-9-11-20(12-10-19)24-22-14-16-25(17-23(22,2)27)15-13-18-7-5-4-6-8-18/h4-12,22,24,27H,3,13-17H2,1-2H3. The summed E-state index contributed by atoms with van der Waals surface area (Å²) in [6.07, 6.45) is 2.41. The summed E-state index contributed by atoms with van der Waals surface area (Å²) in [4.78, 5) is 14.1. The number of rotatable bonds is 7. The van der Waals surface area contributed by atoms with Gasteiger partial charge in [-0.3, -0.25) is 9.69 Å². The van der Waals surface area contributed by atoms with Crippen molar-refractivity contribution in [1.82, 2.24) is 4.90 Å². The second-order valence-electron chi connectivity index (χ2n) is 7.71. The van der Waals surface area contributed by atoms with E-state index in [4.69, 9.17) is 0 Å². The number of ketones is 1. The molecule has 3 rings (SSSR count). The van der Waals surface area contributed by atoms with E-state index in [1.54, 1.807) is 0 Å². The van der Waals surface area contributed by atoms with Gasteiger partial charge in [-0.1, -0.05) is 37.3 Å². The third kappa shape index (κ3) is 5.18. The van der Waals surface area contributed by atoms with Crippen LogP contribution in [0.4, 0.5) is 5.69 Å². The van der Waals surface area contributed by atoms with E-state index in [2.05, 4.69) is 34.5 Å². The van der Waals surface area contributed by atoms with Crippen molar-refractivity contribution >= 4 is 11.5 Å². The van der Waals surface area contributed by atoms with Crippen molar-refractivity contribution in [3.05, 3.63) is 65.7 Å². The summed E-state index contributed by atoms with van der Waals surface area (Å²) in [6.45, 7) is 6.36. The number of carbonyl (C=O) groups excluding carboxylic acids is 1. The zero-order chi connectivity index (χ0) is 19.3. The van der Waals surface area contributed by atoms with Gasteiger partial charge >= 0.3 is 0 Å². The van der Waals surface area contributed by atoms with E-state index in [0.717, 1.165) is 37.2 Å². The number of aliphatic hydroxyl groups is 1. The van der Waals surface area contributed by atoms with Crippen LogP contribution in [0.1, 0.15) is 42.6 Å². The minimum atomic E-state index is -0.799. The molecule has 4 nitrogen and oxygen atoms in total. The van der Waals surface area contributed by atoms with E-state index in [1.807, 2.05) is 44.2 Å². The van der Waals surface area contributed by atoms with Crippen LogP contribution < -0.4 is 5.32 Å². The summed E-state index contributed by atoms with van der Waals surface area (Å²) in [5, 5.41) is 14.4. The Balaban J connectivity index is 1.55. The van der Waals surface area contributed by atoms with Gasteiger partial charge in [-0.2, -0.15) is 0 Å². The minimum Gasteiger partial charge on any atom is -0.387 e. The van der Waals surface area contributed by atoms with E-state index in [9.17, 15) is 9.90 Å². The maximum atomic E-state index is 11.8. The first-order valence-corrected chi connectivity index (χ1v) is 9.86. The molecule has 4 heteroatoms. The number of benzene rings is 2.